The van der Waals surface area contributed by atoms with Crippen molar-refractivity contribution in [2.75, 3.05) is 24.3 Å². The largest absolute Gasteiger partial charge is 0.497 e. The zero-order valence-electron chi connectivity index (χ0n) is 21.0. The molecule has 38 heavy (non-hydrogen) atoms. The topological polar surface area (TPSA) is 87.7 Å². The zero-order valence-corrected chi connectivity index (χ0v) is 21.8. The minimum atomic E-state index is -1.47. The molecule has 0 bridgehead atoms. The minimum absolute atomic E-state index is 0.153. The number of Topliss-reactive ketones (excluding diaryl/α,β-unsaturated/α-hetero) is 1. The molecule has 2 N–H and O–H groups in total. The molecule has 2 fully saturated rings. The number of carbonyl (C=O) groups excluding carboxylic acids is 3. The molecule has 3 aromatic carbocycles. The fourth-order valence-corrected chi connectivity index (χ4v) is 7.86. The molecule has 2 saturated heterocycles. The van der Waals surface area contributed by atoms with Crippen LogP contribution < -0.4 is 15.4 Å². The van der Waals surface area contributed by atoms with Gasteiger partial charge in [0.15, 0.2) is 5.78 Å². The van der Waals surface area contributed by atoms with Crippen LogP contribution in [0.15, 0.2) is 60.7 Å². The van der Waals surface area contributed by atoms with Gasteiger partial charge in [0.1, 0.15) is 16.7 Å². The number of hydrogen-bond acceptors (Lipinski definition) is 5. The lowest BCUT2D eigenvalue weighted by atomic mass is 9.57. The van der Waals surface area contributed by atoms with Crippen LogP contribution in [0.5, 0.6) is 5.75 Å². The van der Waals surface area contributed by atoms with Crippen molar-refractivity contribution in [3.05, 3.63) is 87.9 Å². The molecule has 4 aliphatic heterocycles. The first-order valence-electron chi connectivity index (χ1n) is 12.8. The van der Waals surface area contributed by atoms with E-state index in [0.717, 1.165) is 12.0 Å². The number of hydrogen-bond donors (Lipinski definition) is 2. The van der Waals surface area contributed by atoms with Gasteiger partial charge in [0, 0.05) is 27.9 Å². The molecule has 192 valence electrons. The Balaban J connectivity index is 1.57. The van der Waals surface area contributed by atoms with Gasteiger partial charge < -0.3 is 15.4 Å². The van der Waals surface area contributed by atoms with Crippen LogP contribution >= 0.6 is 11.6 Å². The molecule has 0 radical (unpaired) electrons. The minimum Gasteiger partial charge on any atom is -0.497 e. The van der Waals surface area contributed by atoms with Crippen molar-refractivity contribution in [2.45, 2.75) is 36.8 Å². The van der Waals surface area contributed by atoms with Gasteiger partial charge in [0.2, 0.25) is 5.91 Å². The van der Waals surface area contributed by atoms with E-state index in [1.165, 1.54) is 0 Å². The third-order valence-electron chi connectivity index (χ3n) is 9.12. The van der Waals surface area contributed by atoms with Crippen molar-refractivity contribution in [1.82, 2.24) is 4.90 Å². The maximum absolute atomic E-state index is 14.6. The van der Waals surface area contributed by atoms with Gasteiger partial charge in [-0.15, -0.1) is 0 Å². The number of ether oxygens (including phenoxy) is 1. The van der Waals surface area contributed by atoms with Gasteiger partial charge in [-0.1, -0.05) is 35.9 Å². The van der Waals surface area contributed by atoms with E-state index in [1.54, 1.807) is 37.4 Å². The number of amides is 2. The number of benzene rings is 3. The smallest absolute Gasteiger partial charge is 0.251 e. The van der Waals surface area contributed by atoms with E-state index in [4.69, 9.17) is 16.3 Å². The van der Waals surface area contributed by atoms with E-state index < -0.39 is 16.9 Å². The maximum atomic E-state index is 14.6. The molecule has 0 unspecified atom stereocenters. The van der Waals surface area contributed by atoms with Crippen LogP contribution in [-0.2, 0) is 20.5 Å². The van der Waals surface area contributed by atoms with Crippen LogP contribution in [0.3, 0.4) is 0 Å². The summed E-state index contributed by atoms with van der Waals surface area (Å²) in [5.41, 5.74) is 1.01. The fourth-order valence-electron chi connectivity index (χ4n) is 7.70. The van der Waals surface area contributed by atoms with Crippen molar-refractivity contribution < 1.29 is 19.1 Å². The molecule has 0 aromatic heterocycles. The molecule has 4 heterocycles. The Morgan fingerprint density at radius 2 is 1.76 bits per heavy atom. The second kappa shape index (κ2) is 7.91. The Morgan fingerprint density at radius 1 is 1.00 bits per heavy atom. The second-order valence-electron chi connectivity index (χ2n) is 10.5. The number of nitrogens with zero attached hydrogens (tertiary/aromatic N) is 1. The second-order valence-corrected chi connectivity index (χ2v) is 10.9. The Bertz CT molecular complexity index is 1550. The summed E-state index contributed by atoms with van der Waals surface area (Å²) in [5.74, 6) is -0.908. The van der Waals surface area contributed by atoms with Crippen LogP contribution in [0.1, 0.15) is 39.9 Å². The third kappa shape index (κ3) is 2.56. The highest BCUT2D eigenvalue weighted by Crippen LogP contribution is 2.68. The average molecular weight is 528 g/mol. The van der Waals surface area contributed by atoms with Crippen molar-refractivity contribution in [3.63, 3.8) is 0 Å². The van der Waals surface area contributed by atoms with Gasteiger partial charge >= 0.3 is 0 Å². The first kappa shape index (κ1) is 23.4. The number of fused-ring (bicyclic) bond motifs is 7. The van der Waals surface area contributed by atoms with Crippen LogP contribution in [0.2, 0.25) is 5.02 Å². The lowest BCUT2D eigenvalue weighted by Crippen LogP contribution is -2.62. The molecule has 2 spiro atoms. The van der Waals surface area contributed by atoms with Crippen molar-refractivity contribution in [2.24, 2.45) is 5.92 Å². The lowest BCUT2D eigenvalue weighted by molar-refractivity contribution is -0.137. The van der Waals surface area contributed by atoms with E-state index in [9.17, 15) is 14.4 Å². The third-order valence-corrected chi connectivity index (χ3v) is 9.53. The Labute approximate surface area is 225 Å². The summed E-state index contributed by atoms with van der Waals surface area (Å²) in [7, 11) is 1.58. The van der Waals surface area contributed by atoms with Gasteiger partial charge in [0.25, 0.3) is 5.91 Å². The van der Waals surface area contributed by atoms with E-state index in [1.807, 2.05) is 37.3 Å². The van der Waals surface area contributed by atoms with Gasteiger partial charge in [-0.2, -0.15) is 0 Å². The summed E-state index contributed by atoms with van der Waals surface area (Å²) in [5, 5.41) is 6.69. The quantitative estimate of drug-likeness (QED) is 0.483. The molecule has 4 atom stereocenters. The zero-order chi connectivity index (χ0) is 26.4. The van der Waals surface area contributed by atoms with E-state index >= 15 is 0 Å². The predicted octanol–water partition coefficient (Wildman–Crippen LogP) is 4.67. The van der Waals surface area contributed by atoms with Gasteiger partial charge in [-0.05, 0) is 73.8 Å². The number of halogens is 1. The first-order valence-corrected chi connectivity index (χ1v) is 13.2. The molecule has 7 nitrogen and oxygen atoms in total. The van der Waals surface area contributed by atoms with E-state index in [-0.39, 0.29) is 23.6 Å². The van der Waals surface area contributed by atoms with E-state index in [0.29, 0.717) is 51.8 Å². The summed E-state index contributed by atoms with van der Waals surface area (Å²) >= 11 is 6.48. The summed E-state index contributed by atoms with van der Waals surface area (Å²) in [4.78, 5) is 45.7. The summed E-state index contributed by atoms with van der Waals surface area (Å²) in [6.45, 7) is 2.47. The number of carbonyl (C=O) groups is 3. The highest BCUT2D eigenvalue weighted by molar-refractivity contribution is 6.32. The molecule has 0 aliphatic carbocycles. The number of rotatable bonds is 3. The van der Waals surface area contributed by atoms with E-state index in [2.05, 4.69) is 15.5 Å². The number of ketones is 1. The first-order chi connectivity index (χ1) is 18.4. The molecule has 8 heteroatoms. The Hall–Kier alpha value is -3.68. The van der Waals surface area contributed by atoms with Crippen LogP contribution in [-0.4, -0.2) is 42.2 Å². The van der Waals surface area contributed by atoms with Crippen LogP contribution in [0.25, 0.3) is 0 Å². The summed E-state index contributed by atoms with van der Waals surface area (Å²) < 4.78 is 5.30. The molecule has 3 aromatic rings. The fraction of sp³-hybridized carbons (Fsp3) is 0.300. The SMILES string of the molecule is COc1ccc(C(=O)[C@@H]2[C@@H]3CCCN3[C@]3(C(=O)Nc4c3ccc(Cl)c4C)[C@@]23C(=O)Nc2ccccc23)cc1. The predicted molar refractivity (Wildman–Crippen MR) is 144 cm³/mol. The number of para-hydroxylation sites is 1. The van der Waals surface area contributed by atoms with Crippen LogP contribution in [0, 0.1) is 12.8 Å². The summed E-state index contributed by atoms with van der Waals surface area (Å²) in [6, 6.07) is 17.8. The molecule has 2 amide bonds. The van der Waals surface area contributed by atoms with Gasteiger partial charge in [-0.3, -0.25) is 19.3 Å². The number of anilines is 2. The van der Waals surface area contributed by atoms with Crippen LogP contribution in [0.4, 0.5) is 11.4 Å². The lowest BCUT2D eigenvalue weighted by Gasteiger charge is -2.43. The molecule has 0 saturated carbocycles. The van der Waals surface area contributed by atoms with Crippen molar-refractivity contribution >= 4 is 40.6 Å². The maximum Gasteiger partial charge on any atom is 0.251 e. The molecule has 4 aliphatic rings. The van der Waals surface area contributed by atoms with Gasteiger partial charge in [0.05, 0.1) is 18.7 Å². The molecule has 7 rings (SSSR count). The molecular weight excluding hydrogens is 502 g/mol. The Kier molecular flexibility index (Phi) is 4.88. The van der Waals surface area contributed by atoms with Crippen molar-refractivity contribution in [3.8, 4) is 5.75 Å². The van der Waals surface area contributed by atoms with Gasteiger partial charge in [-0.25, -0.2) is 0 Å². The highest BCUT2D eigenvalue weighted by Gasteiger charge is 2.81. The number of nitrogens with one attached hydrogen (secondary N) is 2. The molecular formula is C30H26ClN3O4. The normalized spacial score (nSPS) is 28.8. The monoisotopic (exact) mass is 527 g/mol. The highest BCUT2D eigenvalue weighted by atomic mass is 35.5. The summed E-state index contributed by atoms with van der Waals surface area (Å²) in [6.07, 6.45) is 1.54. The van der Waals surface area contributed by atoms with Crippen molar-refractivity contribution in [1.29, 1.82) is 0 Å². The Morgan fingerprint density at radius 3 is 2.53 bits per heavy atom. The number of methoxy groups -OCH3 is 1. The average Bonchev–Trinajstić information content (AvgIpc) is 3.65. The standard InChI is InChI=1S/C30H26ClN3O4/c1-16-21(31)14-13-20-25(16)33-28(37)30(20)29(19-6-3-4-7-22(19)32-27(29)36)24(23-8-5-15-34(23)30)26(35)17-9-11-18(38-2)12-10-17/h3-4,6-7,9-14,23-24H,5,8,15H2,1-2H3,(H,32,36)(H,33,37)/t23-,24-,29+,30+/m0/s1.